The first-order chi connectivity index (χ1) is 13.0. The number of hydrogen-bond acceptors (Lipinski definition) is 6. The predicted molar refractivity (Wildman–Crippen MR) is 111 cm³/mol. The molecular formula is C18H23ClN6OS. The third-order valence-electron chi connectivity index (χ3n) is 3.38. The number of rotatable bonds is 6. The van der Waals surface area contributed by atoms with E-state index in [1.54, 1.807) is 24.3 Å². The number of aldehydes is 1. The standard InChI is InChI=1S/C14H15ClN6S.C4H8O/c1-17-8-22-12-13(16)19-20-14(12)21-7-18-6-11(21)9-4-2-3-5-10(9)15;1-4(2)3-5/h2-7,17H,8H2,1H3,(H3,16,19,20);3-4H,1-2H3. The molecule has 0 aliphatic rings. The number of nitrogens with one attached hydrogen (secondary N) is 2. The summed E-state index contributed by atoms with van der Waals surface area (Å²) >= 11 is 7.87. The van der Waals surface area contributed by atoms with Crippen LogP contribution >= 0.6 is 23.4 Å². The fourth-order valence-electron chi connectivity index (χ4n) is 2.12. The third-order valence-corrected chi connectivity index (χ3v) is 4.83. The Hall–Kier alpha value is -2.29. The fraction of sp³-hybridized carbons (Fsp3) is 0.278. The highest BCUT2D eigenvalue weighted by Crippen LogP contribution is 2.33. The molecule has 2 aromatic heterocycles. The van der Waals surface area contributed by atoms with Gasteiger partial charge in [0.1, 0.15) is 18.4 Å². The van der Waals surface area contributed by atoms with Gasteiger partial charge in [0.15, 0.2) is 5.82 Å². The third kappa shape index (κ3) is 5.35. The first-order valence-corrected chi connectivity index (χ1v) is 9.70. The van der Waals surface area contributed by atoms with Crippen LogP contribution in [-0.4, -0.2) is 39.0 Å². The molecule has 0 aliphatic heterocycles. The van der Waals surface area contributed by atoms with Gasteiger partial charge in [-0.1, -0.05) is 43.6 Å². The number of nitrogen functional groups attached to an aromatic ring is 1. The molecule has 7 nitrogen and oxygen atoms in total. The maximum absolute atomic E-state index is 9.50. The van der Waals surface area contributed by atoms with Crippen molar-refractivity contribution in [3.8, 4) is 17.1 Å². The van der Waals surface area contributed by atoms with E-state index in [0.717, 1.165) is 28.3 Å². The van der Waals surface area contributed by atoms with Gasteiger partial charge < -0.3 is 15.8 Å². The smallest absolute Gasteiger partial charge is 0.176 e. The molecule has 3 rings (SSSR count). The molecule has 0 aliphatic carbocycles. The number of nitrogens with two attached hydrogens (primary N) is 1. The van der Waals surface area contributed by atoms with E-state index < -0.39 is 0 Å². The van der Waals surface area contributed by atoms with Crippen LogP contribution in [0.25, 0.3) is 17.1 Å². The molecule has 0 spiro atoms. The van der Waals surface area contributed by atoms with Crippen LogP contribution in [0.1, 0.15) is 13.8 Å². The summed E-state index contributed by atoms with van der Waals surface area (Å²) in [6.45, 7) is 3.71. The maximum atomic E-state index is 9.50. The van der Waals surface area contributed by atoms with Gasteiger partial charge in [0.2, 0.25) is 0 Å². The summed E-state index contributed by atoms with van der Waals surface area (Å²) in [6.07, 6.45) is 4.39. The lowest BCUT2D eigenvalue weighted by molar-refractivity contribution is -0.110. The van der Waals surface area contributed by atoms with Crippen molar-refractivity contribution in [2.75, 3.05) is 18.7 Å². The largest absolute Gasteiger partial charge is 0.383 e. The quantitative estimate of drug-likeness (QED) is 0.328. The predicted octanol–water partition coefficient (Wildman–Crippen LogP) is 3.61. The molecule has 0 fully saturated rings. The van der Waals surface area contributed by atoms with Crippen LogP contribution in [0.5, 0.6) is 0 Å². The number of hydrogen-bond donors (Lipinski definition) is 3. The summed E-state index contributed by atoms with van der Waals surface area (Å²) < 4.78 is 1.88. The Labute approximate surface area is 167 Å². The second-order valence-corrected chi connectivity index (χ2v) is 7.33. The lowest BCUT2D eigenvalue weighted by Gasteiger charge is -2.09. The van der Waals surface area contributed by atoms with Gasteiger partial charge in [0.25, 0.3) is 0 Å². The highest BCUT2D eigenvalue weighted by Gasteiger charge is 2.17. The highest BCUT2D eigenvalue weighted by molar-refractivity contribution is 7.99. The van der Waals surface area contributed by atoms with E-state index in [1.165, 1.54) is 0 Å². The SMILES string of the molecule is CC(C)C=O.CNCSc1c(-n2cncc2-c2ccccc2Cl)n[nH]c1N. The van der Waals surface area contributed by atoms with E-state index in [0.29, 0.717) is 16.7 Å². The minimum atomic E-state index is 0.204. The van der Waals surface area contributed by atoms with Gasteiger partial charge in [-0.15, -0.1) is 11.8 Å². The van der Waals surface area contributed by atoms with E-state index in [2.05, 4.69) is 20.5 Å². The average molecular weight is 407 g/mol. The number of carbonyl (C=O) groups excluding carboxylic acids is 1. The van der Waals surface area contributed by atoms with Crippen LogP contribution in [-0.2, 0) is 4.79 Å². The number of aromatic amines is 1. The van der Waals surface area contributed by atoms with E-state index >= 15 is 0 Å². The average Bonchev–Trinajstić information content (AvgIpc) is 3.27. The summed E-state index contributed by atoms with van der Waals surface area (Å²) in [7, 11) is 1.88. The summed E-state index contributed by atoms with van der Waals surface area (Å²) in [5.74, 6) is 2.18. The van der Waals surface area contributed by atoms with E-state index in [1.807, 2.05) is 49.7 Å². The number of H-pyrrole nitrogens is 1. The van der Waals surface area contributed by atoms with Crippen LogP contribution in [0, 0.1) is 5.92 Å². The van der Waals surface area contributed by atoms with Crippen molar-refractivity contribution in [1.82, 2.24) is 25.1 Å². The van der Waals surface area contributed by atoms with Gasteiger partial charge in [-0.05, 0) is 13.1 Å². The van der Waals surface area contributed by atoms with E-state index in [4.69, 9.17) is 17.3 Å². The van der Waals surface area contributed by atoms with Crippen LogP contribution in [0.15, 0.2) is 41.7 Å². The lowest BCUT2D eigenvalue weighted by Crippen LogP contribution is -2.05. The van der Waals surface area contributed by atoms with Crippen molar-refractivity contribution in [2.45, 2.75) is 18.7 Å². The molecule has 3 aromatic rings. The maximum Gasteiger partial charge on any atom is 0.176 e. The zero-order valence-electron chi connectivity index (χ0n) is 15.4. The number of carbonyl (C=O) groups is 1. The number of thioether (sulfide) groups is 1. The molecule has 2 heterocycles. The Bertz CT molecular complexity index is 876. The fourth-order valence-corrected chi connectivity index (χ4v) is 3.11. The van der Waals surface area contributed by atoms with Gasteiger partial charge >= 0.3 is 0 Å². The van der Waals surface area contributed by atoms with Crippen molar-refractivity contribution >= 4 is 35.5 Å². The monoisotopic (exact) mass is 406 g/mol. The Morgan fingerprint density at radius 2 is 2.11 bits per heavy atom. The van der Waals surface area contributed by atoms with Crippen molar-refractivity contribution in [2.24, 2.45) is 5.92 Å². The molecule has 144 valence electrons. The normalized spacial score (nSPS) is 10.6. The van der Waals surface area contributed by atoms with Gasteiger partial charge in [0.05, 0.1) is 16.8 Å². The molecule has 0 saturated carbocycles. The number of imidazole rings is 1. The topological polar surface area (TPSA) is 102 Å². The van der Waals surface area contributed by atoms with Gasteiger partial charge in [-0.25, -0.2) is 4.98 Å². The molecule has 27 heavy (non-hydrogen) atoms. The van der Waals surface area contributed by atoms with Crippen LogP contribution in [0.4, 0.5) is 5.82 Å². The summed E-state index contributed by atoms with van der Waals surface area (Å²) in [5.41, 5.74) is 7.74. The molecule has 0 radical (unpaired) electrons. The van der Waals surface area contributed by atoms with Crippen molar-refractivity contribution in [3.05, 3.63) is 41.8 Å². The molecule has 0 saturated heterocycles. The second kappa shape index (κ2) is 10.1. The summed E-state index contributed by atoms with van der Waals surface area (Å²) in [5, 5.41) is 10.9. The number of halogens is 1. The van der Waals surface area contributed by atoms with Crippen LogP contribution in [0.3, 0.4) is 0 Å². The first-order valence-electron chi connectivity index (χ1n) is 8.33. The van der Waals surface area contributed by atoms with Gasteiger partial charge in [0, 0.05) is 22.4 Å². The van der Waals surface area contributed by atoms with Crippen molar-refractivity contribution < 1.29 is 4.79 Å². The molecule has 9 heteroatoms. The second-order valence-electron chi connectivity index (χ2n) is 5.94. The van der Waals surface area contributed by atoms with Crippen LogP contribution in [0.2, 0.25) is 5.02 Å². The molecule has 0 atom stereocenters. The first kappa shape index (κ1) is 21.0. The Kier molecular flexibility index (Phi) is 7.90. The molecule has 0 amide bonds. The zero-order valence-corrected chi connectivity index (χ0v) is 17.0. The minimum absolute atomic E-state index is 0.204. The Balaban J connectivity index is 0.000000465. The van der Waals surface area contributed by atoms with E-state index in [-0.39, 0.29) is 5.92 Å². The molecule has 0 unspecified atom stereocenters. The van der Waals surface area contributed by atoms with E-state index in [9.17, 15) is 4.79 Å². The number of benzene rings is 1. The molecule has 4 N–H and O–H groups in total. The summed E-state index contributed by atoms with van der Waals surface area (Å²) in [6, 6.07) is 7.64. The molecule has 0 bridgehead atoms. The Morgan fingerprint density at radius 3 is 2.74 bits per heavy atom. The number of aromatic nitrogens is 4. The Morgan fingerprint density at radius 1 is 1.41 bits per heavy atom. The van der Waals surface area contributed by atoms with Gasteiger partial charge in [-0.3, -0.25) is 9.67 Å². The lowest BCUT2D eigenvalue weighted by atomic mass is 10.1. The number of anilines is 1. The number of nitrogens with zero attached hydrogens (tertiary/aromatic N) is 3. The minimum Gasteiger partial charge on any atom is -0.383 e. The van der Waals surface area contributed by atoms with Gasteiger partial charge in [-0.2, -0.15) is 5.10 Å². The molecular weight excluding hydrogens is 384 g/mol. The van der Waals surface area contributed by atoms with Crippen LogP contribution < -0.4 is 11.1 Å². The van der Waals surface area contributed by atoms with Crippen molar-refractivity contribution in [1.29, 1.82) is 0 Å². The molecule has 1 aromatic carbocycles. The zero-order chi connectivity index (χ0) is 19.8. The highest BCUT2D eigenvalue weighted by atomic mass is 35.5. The summed E-state index contributed by atoms with van der Waals surface area (Å²) in [4.78, 5) is 14.6. The van der Waals surface area contributed by atoms with Crippen molar-refractivity contribution in [3.63, 3.8) is 0 Å².